The second-order valence-corrected chi connectivity index (χ2v) is 5.46. The first-order chi connectivity index (χ1) is 10.9. The minimum atomic E-state index is -0.529. The zero-order chi connectivity index (χ0) is 17.0. The normalized spacial score (nSPS) is 11.0. The average molecular weight is 354 g/mol. The van der Waals surface area contributed by atoms with Crippen molar-refractivity contribution in [2.75, 3.05) is 0 Å². The van der Waals surface area contributed by atoms with Crippen LogP contribution in [0.2, 0.25) is 10.0 Å². The van der Waals surface area contributed by atoms with Crippen LogP contribution in [0.25, 0.3) is 0 Å². The van der Waals surface area contributed by atoms with Crippen molar-refractivity contribution in [1.29, 1.82) is 0 Å². The Hall–Kier alpha value is -2.15. The molecule has 0 atom stereocenters. The Bertz CT molecular complexity index is 779. The highest BCUT2D eigenvalue weighted by molar-refractivity contribution is 6.36. The van der Waals surface area contributed by atoms with Crippen molar-refractivity contribution in [2.45, 2.75) is 13.5 Å². The number of rotatable bonds is 4. The number of amides is 1. The van der Waals surface area contributed by atoms with Crippen LogP contribution in [0.15, 0.2) is 29.5 Å². The monoisotopic (exact) mass is 353 g/mol. The third-order valence-corrected chi connectivity index (χ3v) is 3.61. The summed E-state index contributed by atoms with van der Waals surface area (Å²) in [5, 5.41) is 23.6. The van der Waals surface area contributed by atoms with Crippen molar-refractivity contribution in [3.05, 3.63) is 56.8 Å². The number of aliphatic hydroxyl groups is 1. The van der Waals surface area contributed by atoms with Gasteiger partial charge in [0.2, 0.25) is 0 Å². The topological polar surface area (TPSA) is 94.8 Å². The number of aromatic nitrogens is 1. The lowest BCUT2D eigenvalue weighted by molar-refractivity contribution is 0.0955. The fraction of sp³-hybridized carbons (Fsp3) is 0.133. The maximum absolute atomic E-state index is 12.0. The van der Waals surface area contributed by atoms with Gasteiger partial charge in [-0.2, -0.15) is 5.10 Å². The van der Waals surface area contributed by atoms with E-state index in [1.807, 2.05) is 0 Å². The van der Waals surface area contributed by atoms with Crippen LogP contribution in [0.3, 0.4) is 0 Å². The van der Waals surface area contributed by atoms with Crippen molar-refractivity contribution in [2.24, 2.45) is 5.10 Å². The standard InChI is InChI=1S/C15H13Cl2N3O3/c1-8-14(22)12(9(7-21)5-18-8)6-19-20-15(23)11-3-2-10(16)4-13(11)17/h2-6,21-22H,7H2,1H3,(H,20,23)/b19-6-. The van der Waals surface area contributed by atoms with Crippen LogP contribution in [0, 0.1) is 6.92 Å². The minimum Gasteiger partial charge on any atom is -0.505 e. The van der Waals surface area contributed by atoms with Gasteiger partial charge in [-0.15, -0.1) is 0 Å². The molecule has 0 bridgehead atoms. The molecule has 0 unspecified atom stereocenters. The second-order valence-electron chi connectivity index (χ2n) is 4.61. The molecule has 1 heterocycles. The first-order valence-electron chi connectivity index (χ1n) is 6.50. The van der Waals surface area contributed by atoms with Gasteiger partial charge in [0.25, 0.3) is 5.91 Å². The molecule has 0 aliphatic rings. The van der Waals surface area contributed by atoms with E-state index in [9.17, 15) is 15.0 Å². The molecule has 1 amide bonds. The van der Waals surface area contributed by atoms with E-state index < -0.39 is 5.91 Å². The summed E-state index contributed by atoms with van der Waals surface area (Å²) in [6, 6.07) is 4.46. The Kier molecular flexibility index (Phi) is 5.54. The number of aliphatic hydroxyl groups excluding tert-OH is 1. The van der Waals surface area contributed by atoms with Crippen LogP contribution in [0.5, 0.6) is 5.75 Å². The molecule has 3 N–H and O–H groups in total. The predicted octanol–water partition coefficient (Wildman–Crippen LogP) is 2.66. The van der Waals surface area contributed by atoms with Gasteiger partial charge in [-0.3, -0.25) is 9.78 Å². The van der Waals surface area contributed by atoms with E-state index in [4.69, 9.17) is 23.2 Å². The van der Waals surface area contributed by atoms with Gasteiger partial charge < -0.3 is 10.2 Å². The molecule has 0 saturated carbocycles. The summed E-state index contributed by atoms with van der Waals surface area (Å²) in [7, 11) is 0. The number of halogens is 2. The number of nitrogens with one attached hydrogen (secondary N) is 1. The minimum absolute atomic E-state index is 0.112. The molecule has 0 aliphatic carbocycles. The zero-order valence-electron chi connectivity index (χ0n) is 12.0. The quantitative estimate of drug-likeness (QED) is 0.581. The largest absolute Gasteiger partial charge is 0.505 e. The Morgan fingerprint density at radius 1 is 1.43 bits per heavy atom. The molecule has 23 heavy (non-hydrogen) atoms. The average Bonchev–Trinajstić information content (AvgIpc) is 2.51. The fourth-order valence-electron chi connectivity index (χ4n) is 1.81. The molecule has 2 aromatic rings. The van der Waals surface area contributed by atoms with E-state index in [-0.39, 0.29) is 28.5 Å². The van der Waals surface area contributed by atoms with Crippen molar-refractivity contribution < 1.29 is 15.0 Å². The van der Waals surface area contributed by atoms with Crippen LogP contribution >= 0.6 is 23.2 Å². The highest BCUT2D eigenvalue weighted by Crippen LogP contribution is 2.22. The lowest BCUT2D eigenvalue weighted by Crippen LogP contribution is -2.18. The molecule has 0 aliphatic heterocycles. The Morgan fingerprint density at radius 3 is 2.83 bits per heavy atom. The van der Waals surface area contributed by atoms with Crippen LogP contribution < -0.4 is 5.43 Å². The number of carbonyl (C=O) groups excluding carboxylic acids is 1. The van der Waals surface area contributed by atoms with E-state index in [0.29, 0.717) is 16.3 Å². The number of nitrogens with zero attached hydrogens (tertiary/aromatic N) is 2. The molecule has 120 valence electrons. The third-order valence-electron chi connectivity index (χ3n) is 3.06. The number of hydrogen-bond acceptors (Lipinski definition) is 5. The van der Waals surface area contributed by atoms with E-state index in [2.05, 4.69) is 15.5 Å². The third kappa shape index (κ3) is 3.98. The SMILES string of the molecule is Cc1ncc(CO)c(/C=N\NC(=O)c2ccc(Cl)cc2Cl)c1O. The van der Waals surface area contributed by atoms with Crippen LogP contribution in [-0.2, 0) is 6.61 Å². The second kappa shape index (κ2) is 7.41. The maximum atomic E-state index is 12.0. The van der Waals surface area contributed by atoms with Crippen molar-refractivity contribution in [3.8, 4) is 5.75 Å². The lowest BCUT2D eigenvalue weighted by atomic mass is 10.1. The van der Waals surface area contributed by atoms with Crippen molar-refractivity contribution >= 4 is 35.3 Å². The first kappa shape index (κ1) is 17.2. The number of pyridine rings is 1. The summed E-state index contributed by atoms with van der Waals surface area (Å²) in [5.41, 5.74) is 3.56. The van der Waals surface area contributed by atoms with Gasteiger partial charge >= 0.3 is 0 Å². The number of hydrogen-bond donors (Lipinski definition) is 3. The first-order valence-corrected chi connectivity index (χ1v) is 7.26. The Labute approximate surface area is 142 Å². The molecule has 0 saturated heterocycles. The number of benzene rings is 1. The van der Waals surface area contributed by atoms with Gasteiger partial charge in [0.05, 0.1) is 29.1 Å². The molecule has 8 heteroatoms. The summed E-state index contributed by atoms with van der Waals surface area (Å²) in [6.07, 6.45) is 2.66. The molecule has 1 aromatic carbocycles. The maximum Gasteiger partial charge on any atom is 0.272 e. The lowest BCUT2D eigenvalue weighted by Gasteiger charge is -2.07. The Morgan fingerprint density at radius 2 is 2.17 bits per heavy atom. The van der Waals surface area contributed by atoms with Crippen molar-refractivity contribution in [3.63, 3.8) is 0 Å². The zero-order valence-corrected chi connectivity index (χ0v) is 13.6. The van der Waals surface area contributed by atoms with E-state index in [0.717, 1.165) is 0 Å². The van der Waals surface area contributed by atoms with Gasteiger partial charge in [-0.25, -0.2) is 5.43 Å². The molecule has 6 nitrogen and oxygen atoms in total. The number of carbonyl (C=O) groups is 1. The molecular formula is C15H13Cl2N3O3. The highest BCUT2D eigenvalue weighted by atomic mass is 35.5. The van der Waals surface area contributed by atoms with Gasteiger partial charge in [-0.1, -0.05) is 23.2 Å². The summed E-state index contributed by atoms with van der Waals surface area (Å²) in [4.78, 5) is 15.9. The van der Waals surface area contributed by atoms with Gasteiger partial charge in [0.1, 0.15) is 5.75 Å². The van der Waals surface area contributed by atoms with Crippen LogP contribution in [0.1, 0.15) is 27.2 Å². The smallest absolute Gasteiger partial charge is 0.272 e. The molecular weight excluding hydrogens is 341 g/mol. The van der Waals surface area contributed by atoms with Gasteiger partial charge in [0.15, 0.2) is 0 Å². The van der Waals surface area contributed by atoms with Crippen LogP contribution in [-0.4, -0.2) is 27.3 Å². The molecule has 2 rings (SSSR count). The van der Waals surface area contributed by atoms with Crippen LogP contribution in [0.4, 0.5) is 0 Å². The molecule has 0 fully saturated rings. The molecule has 1 aromatic heterocycles. The molecule has 0 spiro atoms. The summed E-state index contributed by atoms with van der Waals surface area (Å²) < 4.78 is 0. The number of hydrazone groups is 1. The summed E-state index contributed by atoms with van der Waals surface area (Å²) >= 11 is 11.7. The van der Waals surface area contributed by atoms with E-state index in [1.54, 1.807) is 6.92 Å². The number of aromatic hydroxyl groups is 1. The predicted molar refractivity (Wildman–Crippen MR) is 88.1 cm³/mol. The summed E-state index contributed by atoms with van der Waals surface area (Å²) in [5.74, 6) is -0.641. The van der Waals surface area contributed by atoms with Gasteiger partial charge in [0, 0.05) is 22.3 Å². The Balaban J connectivity index is 2.19. The highest BCUT2D eigenvalue weighted by Gasteiger charge is 2.11. The van der Waals surface area contributed by atoms with Gasteiger partial charge in [-0.05, 0) is 25.1 Å². The number of aryl methyl sites for hydroxylation is 1. The van der Waals surface area contributed by atoms with Crippen molar-refractivity contribution in [1.82, 2.24) is 10.4 Å². The fourth-order valence-corrected chi connectivity index (χ4v) is 2.31. The van der Waals surface area contributed by atoms with E-state index >= 15 is 0 Å². The summed E-state index contributed by atoms with van der Waals surface area (Å²) in [6.45, 7) is 1.29. The van der Waals surface area contributed by atoms with E-state index in [1.165, 1.54) is 30.6 Å². The molecule has 0 radical (unpaired) electrons.